The van der Waals surface area contributed by atoms with Crippen LogP contribution in [0.5, 0.6) is 0 Å². The van der Waals surface area contributed by atoms with E-state index in [1.54, 1.807) is 0 Å². The molecule has 2 atom stereocenters. The van der Waals surface area contributed by atoms with Crippen LogP contribution in [0.25, 0.3) is 0 Å². The van der Waals surface area contributed by atoms with Gasteiger partial charge in [-0.1, -0.05) is 33.6 Å². The topological polar surface area (TPSA) is 64.6 Å². The molecule has 2 amide bonds. The van der Waals surface area contributed by atoms with Crippen LogP contribution in [0.4, 0.5) is 4.79 Å². The fraction of sp³-hybridized carbons (Fsp3) is 0.938. The molecule has 0 aromatic rings. The SMILES string of the molecule is CCC(CC)C(O)CNC(=O)NCCN1CCCC(C)C1. The molecular weight excluding hydrogens is 266 g/mol. The maximum atomic E-state index is 11.7. The first-order chi connectivity index (χ1) is 10.1. The van der Waals surface area contributed by atoms with Gasteiger partial charge in [-0.25, -0.2) is 4.79 Å². The zero-order chi connectivity index (χ0) is 15.7. The maximum absolute atomic E-state index is 11.7. The summed E-state index contributed by atoms with van der Waals surface area (Å²) in [4.78, 5) is 14.1. The minimum Gasteiger partial charge on any atom is -0.391 e. The summed E-state index contributed by atoms with van der Waals surface area (Å²) in [5, 5.41) is 15.6. The number of nitrogens with zero attached hydrogens (tertiary/aromatic N) is 1. The van der Waals surface area contributed by atoms with Crippen molar-refractivity contribution in [3.8, 4) is 0 Å². The predicted molar refractivity (Wildman–Crippen MR) is 86.3 cm³/mol. The lowest BCUT2D eigenvalue weighted by molar-refractivity contribution is 0.103. The van der Waals surface area contributed by atoms with Crippen molar-refractivity contribution < 1.29 is 9.90 Å². The summed E-state index contributed by atoms with van der Waals surface area (Å²) in [5.41, 5.74) is 0. The van der Waals surface area contributed by atoms with Crippen molar-refractivity contribution >= 4 is 6.03 Å². The summed E-state index contributed by atoms with van der Waals surface area (Å²) in [6, 6.07) is -0.176. The highest BCUT2D eigenvalue weighted by Crippen LogP contribution is 2.14. The average Bonchev–Trinajstić information content (AvgIpc) is 2.46. The number of hydrogen-bond acceptors (Lipinski definition) is 3. The Morgan fingerprint density at radius 1 is 1.33 bits per heavy atom. The van der Waals surface area contributed by atoms with Gasteiger partial charge in [0.15, 0.2) is 0 Å². The van der Waals surface area contributed by atoms with Gasteiger partial charge in [0.25, 0.3) is 0 Å². The van der Waals surface area contributed by atoms with Gasteiger partial charge >= 0.3 is 6.03 Å². The molecular formula is C16H33N3O2. The van der Waals surface area contributed by atoms with Crippen molar-refractivity contribution in [2.45, 2.75) is 52.6 Å². The lowest BCUT2D eigenvalue weighted by Gasteiger charge is -2.30. The Morgan fingerprint density at radius 3 is 2.67 bits per heavy atom. The van der Waals surface area contributed by atoms with Gasteiger partial charge in [-0.2, -0.15) is 0 Å². The molecule has 0 saturated carbocycles. The number of carbonyl (C=O) groups is 1. The molecule has 2 unspecified atom stereocenters. The standard InChI is InChI=1S/C16H33N3O2/c1-4-14(5-2)15(20)11-18-16(21)17-8-10-19-9-6-7-13(3)12-19/h13-15,20H,4-12H2,1-3H3,(H2,17,18,21). The summed E-state index contributed by atoms with van der Waals surface area (Å²) < 4.78 is 0. The van der Waals surface area contributed by atoms with Gasteiger partial charge in [0.2, 0.25) is 0 Å². The van der Waals surface area contributed by atoms with Crippen LogP contribution in [0.15, 0.2) is 0 Å². The van der Waals surface area contributed by atoms with Crippen LogP contribution in [-0.4, -0.2) is 54.9 Å². The Kier molecular flexibility index (Phi) is 8.69. The van der Waals surface area contributed by atoms with E-state index >= 15 is 0 Å². The number of aliphatic hydroxyl groups excluding tert-OH is 1. The van der Waals surface area contributed by atoms with Gasteiger partial charge in [-0.05, 0) is 31.2 Å². The van der Waals surface area contributed by atoms with Crippen LogP contribution in [0.2, 0.25) is 0 Å². The first kappa shape index (κ1) is 18.2. The van der Waals surface area contributed by atoms with E-state index in [1.807, 2.05) is 0 Å². The Labute approximate surface area is 129 Å². The molecule has 1 saturated heterocycles. The van der Waals surface area contributed by atoms with E-state index in [0.29, 0.717) is 13.1 Å². The molecule has 1 aliphatic rings. The molecule has 1 aliphatic heterocycles. The minimum absolute atomic E-state index is 0.176. The van der Waals surface area contributed by atoms with Crippen molar-refractivity contribution in [3.05, 3.63) is 0 Å². The Balaban J connectivity index is 2.11. The summed E-state index contributed by atoms with van der Waals surface area (Å²) in [7, 11) is 0. The minimum atomic E-state index is -0.450. The van der Waals surface area contributed by atoms with Gasteiger partial charge in [0.05, 0.1) is 6.10 Å². The van der Waals surface area contributed by atoms with Crippen LogP contribution < -0.4 is 10.6 Å². The van der Waals surface area contributed by atoms with E-state index < -0.39 is 6.10 Å². The largest absolute Gasteiger partial charge is 0.391 e. The smallest absolute Gasteiger partial charge is 0.314 e. The van der Waals surface area contributed by atoms with Gasteiger partial charge in [-0.3, -0.25) is 0 Å². The number of carbonyl (C=O) groups excluding carboxylic acids is 1. The third-order valence-electron chi connectivity index (χ3n) is 4.52. The first-order valence-corrected chi connectivity index (χ1v) is 8.48. The van der Waals surface area contributed by atoms with Crippen molar-refractivity contribution in [1.82, 2.24) is 15.5 Å². The summed E-state index contributed by atoms with van der Waals surface area (Å²) in [6.07, 6.45) is 4.00. The van der Waals surface area contributed by atoms with Crippen LogP contribution in [0.3, 0.4) is 0 Å². The van der Waals surface area contributed by atoms with Gasteiger partial charge in [0.1, 0.15) is 0 Å². The highest BCUT2D eigenvalue weighted by atomic mass is 16.3. The zero-order valence-corrected chi connectivity index (χ0v) is 13.9. The van der Waals surface area contributed by atoms with Crippen LogP contribution in [-0.2, 0) is 0 Å². The molecule has 0 spiro atoms. The second-order valence-electron chi connectivity index (χ2n) is 6.33. The highest BCUT2D eigenvalue weighted by Gasteiger charge is 2.17. The van der Waals surface area contributed by atoms with Crippen LogP contribution in [0.1, 0.15) is 46.5 Å². The summed E-state index contributed by atoms with van der Waals surface area (Å²) in [6.45, 7) is 10.6. The Hall–Kier alpha value is -0.810. The average molecular weight is 299 g/mol. The number of amides is 2. The van der Waals surface area contributed by atoms with E-state index in [1.165, 1.54) is 12.8 Å². The number of hydrogen-bond donors (Lipinski definition) is 3. The molecule has 1 fully saturated rings. The van der Waals surface area contributed by atoms with Gasteiger partial charge in [-0.15, -0.1) is 0 Å². The predicted octanol–water partition coefficient (Wildman–Crippen LogP) is 1.81. The number of likely N-dealkylation sites (tertiary alicyclic amines) is 1. The monoisotopic (exact) mass is 299 g/mol. The van der Waals surface area contributed by atoms with Gasteiger partial charge in [0, 0.05) is 26.2 Å². The molecule has 3 N–H and O–H groups in total. The van der Waals surface area contributed by atoms with E-state index in [2.05, 4.69) is 36.3 Å². The molecule has 0 aromatic carbocycles. The maximum Gasteiger partial charge on any atom is 0.314 e. The number of nitrogens with one attached hydrogen (secondary N) is 2. The van der Waals surface area contributed by atoms with E-state index in [0.717, 1.165) is 38.4 Å². The molecule has 0 aliphatic carbocycles. The summed E-state index contributed by atoms with van der Waals surface area (Å²) >= 11 is 0. The molecule has 5 nitrogen and oxygen atoms in total. The number of piperidine rings is 1. The number of urea groups is 1. The second-order valence-corrected chi connectivity index (χ2v) is 6.33. The molecule has 21 heavy (non-hydrogen) atoms. The molecule has 124 valence electrons. The normalized spacial score (nSPS) is 21.3. The molecule has 5 heteroatoms. The lowest BCUT2D eigenvalue weighted by atomic mass is 9.97. The van der Waals surface area contributed by atoms with Crippen molar-refractivity contribution in [3.63, 3.8) is 0 Å². The Bertz CT molecular complexity index is 295. The molecule has 0 aromatic heterocycles. The molecule has 0 radical (unpaired) electrons. The van der Waals surface area contributed by atoms with Crippen molar-refractivity contribution in [1.29, 1.82) is 0 Å². The molecule has 1 heterocycles. The molecule has 0 bridgehead atoms. The fourth-order valence-electron chi connectivity index (χ4n) is 3.08. The number of aliphatic hydroxyl groups is 1. The van der Waals surface area contributed by atoms with Crippen LogP contribution >= 0.6 is 0 Å². The van der Waals surface area contributed by atoms with Crippen molar-refractivity contribution in [2.24, 2.45) is 11.8 Å². The number of rotatable bonds is 8. The Morgan fingerprint density at radius 2 is 2.05 bits per heavy atom. The second kappa shape index (κ2) is 10.0. The third-order valence-corrected chi connectivity index (χ3v) is 4.52. The lowest BCUT2D eigenvalue weighted by Crippen LogP contribution is -2.45. The highest BCUT2D eigenvalue weighted by molar-refractivity contribution is 5.73. The molecule has 1 rings (SSSR count). The van der Waals surface area contributed by atoms with Crippen LogP contribution in [0, 0.1) is 11.8 Å². The first-order valence-electron chi connectivity index (χ1n) is 8.48. The summed E-state index contributed by atoms with van der Waals surface area (Å²) in [5.74, 6) is 1.03. The quantitative estimate of drug-likeness (QED) is 0.640. The van der Waals surface area contributed by atoms with Gasteiger partial charge < -0.3 is 20.6 Å². The zero-order valence-electron chi connectivity index (χ0n) is 13.9. The van der Waals surface area contributed by atoms with E-state index in [4.69, 9.17) is 0 Å². The fourth-order valence-corrected chi connectivity index (χ4v) is 3.08. The third kappa shape index (κ3) is 7.14. The van der Waals surface area contributed by atoms with Crippen molar-refractivity contribution in [2.75, 3.05) is 32.7 Å². The van der Waals surface area contributed by atoms with E-state index in [-0.39, 0.29) is 11.9 Å². The van der Waals surface area contributed by atoms with E-state index in [9.17, 15) is 9.90 Å².